The molecule has 3 heterocycles. The lowest BCUT2D eigenvalue weighted by molar-refractivity contribution is 0.0146. The number of rotatable bonds is 5. The Balaban J connectivity index is 1.56. The Bertz CT molecular complexity index is 1040. The van der Waals surface area contributed by atoms with E-state index in [1.807, 2.05) is 6.07 Å². The standard InChI is InChI=1S/C20H20ClFN4O3/c21-15-4-3-12(8-16(15)22)18-13(9-23-6-7-28-18)11-29-19-14(2-1-5-24-19)17-10-25-20(27)26-17/h1-5,8,10,13,18,23H,6-7,9,11H2,(H2,25,26,27)/t13-,18-/m0/s1. The summed E-state index contributed by atoms with van der Waals surface area (Å²) >= 11 is 5.82. The van der Waals surface area contributed by atoms with E-state index in [4.69, 9.17) is 21.1 Å². The van der Waals surface area contributed by atoms with Gasteiger partial charge in [-0.1, -0.05) is 17.7 Å². The van der Waals surface area contributed by atoms with E-state index in [2.05, 4.69) is 20.3 Å². The molecule has 4 rings (SSSR count). The van der Waals surface area contributed by atoms with E-state index in [0.29, 0.717) is 49.0 Å². The Morgan fingerprint density at radius 2 is 2.24 bits per heavy atom. The van der Waals surface area contributed by atoms with Crippen molar-refractivity contribution in [1.29, 1.82) is 0 Å². The van der Waals surface area contributed by atoms with Crippen LogP contribution >= 0.6 is 11.6 Å². The quantitative estimate of drug-likeness (QED) is 0.592. The first kappa shape index (κ1) is 19.6. The fourth-order valence-corrected chi connectivity index (χ4v) is 3.48. The third kappa shape index (κ3) is 4.50. The van der Waals surface area contributed by atoms with E-state index in [0.717, 1.165) is 0 Å². The Labute approximate surface area is 171 Å². The van der Waals surface area contributed by atoms with Gasteiger partial charge in [-0.05, 0) is 29.8 Å². The minimum Gasteiger partial charge on any atom is -0.477 e. The van der Waals surface area contributed by atoms with E-state index >= 15 is 0 Å². The molecule has 0 radical (unpaired) electrons. The van der Waals surface area contributed by atoms with Gasteiger partial charge in [0.25, 0.3) is 0 Å². The van der Waals surface area contributed by atoms with E-state index in [9.17, 15) is 9.18 Å². The van der Waals surface area contributed by atoms with Gasteiger partial charge in [-0.15, -0.1) is 0 Å². The fraction of sp³-hybridized carbons (Fsp3) is 0.300. The maximum absolute atomic E-state index is 14.0. The van der Waals surface area contributed by atoms with Crippen LogP contribution in [0.3, 0.4) is 0 Å². The van der Waals surface area contributed by atoms with E-state index in [1.165, 1.54) is 12.1 Å². The molecule has 2 aromatic heterocycles. The molecule has 29 heavy (non-hydrogen) atoms. The zero-order valence-electron chi connectivity index (χ0n) is 15.5. The number of nitrogens with zero attached hydrogens (tertiary/aromatic N) is 1. The largest absolute Gasteiger partial charge is 0.477 e. The first-order chi connectivity index (χ1) is 14.1. The molecule has 0 unspecified atom stereocenters. The van der Waals surface area contributed by atoms with Crippen molar-refractivity contribution in [1.82, 2.24) is 20.3 Å². The molecule has 9 heteroatoms. The normalized spacial score (nSPS) is 19.7. The fourth-order valence-electron chi connectivity index (χ4n) is 3.37. The van der Waals surface area contributed by atoms with Crippen molar-refractivity contribution in [2.45, 2.75) is 6.10 Å². The predicted molar refractivity (Wildman–Crippen MR) is 107 cm³/mol. The zero-order valence-corrected chi connectivity index (χ0v) is 16.2. The molecule has 152 valence electrons. The van der Waals surface area contributed by atoms with Crippen molar-refractivity contribution in [3.63, 3.8) is 0 Å². The van der Waals surface area contributed by atoms with E-state index in [-0.39, 0.29) is 22.7 Å². The maximum atomic E-state index is 14.0. The summed E-state index contributed by atoms with van der Waals surface area (Å²) in [6, 6.07) is 8.29. The van der Waals surface area contributed by atoms with Crippen molar-refractivity contribution < 1.29 is 13.9 Å². The van der Waals surface area contributed by atoms with Gasteiger partial charge in [-0.2, -0.15) is 0 Å². The van der Waals surface area contributed by atoms with Crippen LogP contribution in [0.25, 0.3) is 11.3 Å². The smallest absolute Gasteiger partial charge is 0.323 e. The molecule has 7 nitrogen and oxygen atoms in total. The maximum Gasteiger partial charge on any atom is 0.323 e. The highest BCUT2D eigenvalue weighted by Gasteiger charge is 2.28. The number of aromatic amines is 2. The molecule has 2 atom stereocenters. The topological polar surface area (TPSA) is 92.0 Å². The highest BCUT2D eigenvalue weighted by atomic mass is 35.5. The Hall–Kier alpha value is -2.68. The SMILES string of the molecule is O=c1[nH]cc(-c2cccnc2OC[C@@H]2CNCCO[C@H]2c2ccc(Cl)c(F)c2)[nH]1. The minimum absolute atomic E-state index is 0.0759. The second kappa shape index (κ2) is 8.77. The highest BCUT2D eigenvalue weighted by molar-refractivity contribution is 6.30. The van der Waals surface area contributed by atoms with E-state index < -0.39 is 5.82 Å². The number of ether oxygens (including phenoxy) is 2. The van der Waals surface area contributed by atoms with Crippen LogP contribution in [-0.4, -0.2) is 41.3 Å². The van der Waals surface area contributed by atoms with Crippen molar-refractivity contribution in [2.24, 2.45) is 5.92 Å². The molecule has 3 N–H and O–H groups in total. The van der Waals surface area contributed by atoms with Crippen LogP contribution in [-0.2, 0) is 4.74 Å². The summed E-state index contributed by atoms with van der Waals surface area (Å²) in [4.78, 5) is 21.0. The number of H-pyrrole nitrogens is 2. The number of hydrogen-bond donors (Lipinski definition) is 3. The summed E-state index contributed by atoms with van der Waals surface area (Å²) in [5.74, 6) is -0.167. The number of halogens is 2. The molecule has 1 saturated heterocycles. The molecule has 0 amide bonds. The van der Waals surface area contributed by atoms with Gasteiger partial charge in [0, 0.05) is 31.4 Å². The zero-order chi connectivity index (χ0) is 20.2. The van der Waals surface area contributed by atoms with Crippen LogP contribution in [0.1, 0.15) is 11.7 Å². The number of hydrogen-bond acceptors (Lipinski definition) is 5. The molecular formula is C20H20ClFN4O3. The van der Waals surface area contributed by atoms with Gasteiger partial charge in [-0.3, -0.25) is 0 Å². The Morgan fingerprint density at radius 1 is 1.34 bits per heavy atom. The molecule has 1 aliphatic heterocycles. The molecule has 0 aliphatic carbocycles. The molecule has 0 spiro atoms. The van der Waals surface area contributed by atoms with Gasteiger partial charge in [0.05, 0.1) is 35.6 Å². The van der Waals surface area contributed by atoms with Gasteiger partial charge >= 0.3 is 5.69 Å². The summed E-state index contributed by atoms with van der Waals surface area (Å²) in [7, 11) is 0. The molecular weight excluding hydrogens is 399 g/mol. The van der Waals surface area contributed by atoms with Crippen LogP contribution in [0, 0.1) is 11.7 Å². The van der Waals surface area contributed by atoms with E-state index in [1.54, 1.807) is 24.5 Å². The molecule has 3 aromatic rings. The molecule has 0 bridgehead atoms. The lowest BCUT2D eigenvalue weighted by atomic mass is 9.96. The van der Waals surface area contributed by atoms with Gasteiger partial charge in [0.15, 0.2) is 0 Å². The highest BCUT2D eigenvalue weighted by Crippen LogP contribution is 2.31. The number of aromatic nitrogens is 3. The van der Waals surface area contributed by atoms with Crippen molar-refractivity contribution >= 4 is 11.6 Å². The minimum atomic E-state index is -0.479. The summed E-state index contributed by atoms with van der Waals surface area (Å²) in [6.07, 6.45) is 2.84. The molecule has 1 aromatic carbocycles. The number of nitrogens with one attached hydrogen (secondary N) is 3. The van der Waals surface area contributed by atoms with Crippen molar-refractivity contribution in [3.05, 3.63) is 69.6 Å². The van der Waals surface area contributed by atoms with Crippen LogP contribution in [0.2, 0.25) is 5.02 Å². The second-order valence-corrected chi connectivity index (χ2v) is 7.16. The van der Waals surface area contributed by atoms with Gasteiger partial charge in [0.2, 0.25) is 5.88 Å². The summed E-state index contributed by atoms with van der Waals surface area (Å²) < 4.78 is 26.0. The third-order valence-electron chi connectivity index (χ3n) is 4.77. The van der Waals surface area contributed by atoms with Crippen LogP contribution in [0.4, 0.5) is 4.39 Å². The predicted octanol–water partition coefficient (Wildman–Crippen LogP) is 2.91. The average molecular weight is 419 g/mol. The second-order valence-electron chi connectivity index (χ2n) is 6.75. The summed E-state index contributed by atoms with van der Waals surface area (Å²) in [6.45, 7) is 2.13. The first-order valence-corrected chi connectivity index (χ1v) is 9.63. The first-order valence-electron chi connectivity index (χ1n) is 9.25. The Morgan fingerprint density at radius 3 is 3.03 bits per heavy atom. The van der Waals surface area contributed by atoms with Crippen LogP contribution in [0.5, 0.6) is 5.88 Å². The van der Waals surface area contributed by atoms with Crippen molar-refractivity contribution in [2.75, 3.05) is 26.3 Å². The number of imidazole rings is 1. The monoisotopic (exact) mass is 418 g/mol. The lowest BCUT2D eigenvalue weighted by Crippen LogP contribution is -2.29. The van der Waals surface area contributed by atoms with Gasteiger partial charge < -0.3 is 24.8 Å². The summed E-state index contributed by atoms with van der Waals surface area (Å²) in [5, 5.41) is 3.39. The van der Waals surface area contributed by atoms with Gasteiger partial charge in [-0.25, -0.2) is 14.2 Å². The Kier molecular flexibility index (Phi) is 5.94. The molecule has 1 aliphatic rings. The molecule has 0 saturated carbocycles. The number of pyridine rings is 1. The van der Waals surface area contributed by atoms with Gasteiger partial charge in [0.1, 0.15) is 5.82 Å². The van der Waals surface area contributed by atoms with Crippen LogP contribution in [0.15, 0.2) is 47.5 Å². The average Bonchev–Trinajstić information content (AvgIpc) is 3.02. The van der Waals surface area contributed by atoms with Crippen LogP contribution < -0.4 is 15.7 Å². The van der Waals surface area contributed by atoms with Crippen molar-refractivity contribution in [3.8, 4) is 17.1 Å². The molecule has 1 fully saturated rings. The number of benzene rings is 1. The third-order valence-corrected chi connectivity index (χ3v) is 5.08. The lowest BCUT2D eigenvalue weighted by Gasteiger charge is -2.25. The summed E-state index contributed by atoms with van der Waals surface area (Å²) in [5.41, 5.74) is 1.66.